The maximum atomic E-state index is 12.1. The Bertz CT molecular complexity index is 411. The third-order valence-corrected chi connectivity index (χ3v) is 4.58. The fourth-order valence-electron chi connectivity index (χ4n) is 1.95. The largest absolute Gasteiger partial charge is 0.273 e. The summed E-state index contributed by atoms with van der Waals surface area (Å²) in [5.41, 5.74) is 0. The maximum Gasteiger partial charge on any atom is 0.240 e. The van der Waals surface area contributed by atoms with E-state index in [1.165, 1.54) is 6.08 Å². The standard InChI is InChI=1S/C12H19NO3S/c1-3-10-17(15,16)13(4-2)12(14)11-8-6-5-7-9-11/h3,5-6,11H,1,4,7-10H2,2H3. The summed E-state index contributed by atoms with van der Waals surface area (Å²) in [4.78, 5) is 12.1. The van der Waals surface area contributed by atoms with Crippen molar-refractivity contribution >= 4 is 15.9 Å². The van der Waals surface area contributed by atoms with Crippen LogP contribution in [-0.2, 0) is 14.8 Å². The van der Waals surface area contributed by atoms with Crippen LogP contribution in [-0.4, -0.2) is 30.9 Å². The van der Waals surface area contributed by atoms with Gasteiger partial charge in [0, 0.05) is 12.5 Å². The molecule has 0 saturated heterocycles. The molecule has 4 nitrogen and oxygen atoms in total. The molecule has 0 aromatic rings. The van der Waals surface area contributed by atoms with Crippen molar-refractivity contribution in [2.75, 3.05) is 12.3 Å². The molecule has 1 unspecified atom stereocenters. The van der Waals surface area contributed by atoms with Crippen molar-refractivity contribution in [3.05, 3.63) is 24.8 Å². The first-order valence-corrected chi connectivity index (χ1v) is 7.44. The molecule has 1 amide bonds. The van der Waals surface area contributed by atoms with Crippen molar-refractivity contribution in [3.8, 4) is 0 Å². The average Bonchev–Trinajstić information content (AvgIpc) is 2.30. The van der Waals surface area contributed by atoms with Crippen LogP contribution >= 0.6 is 0 Å². The number of sulfonamides is 1. The summed E-state index contributed by atoms with van der Waals surface area (Å²) in [5, 5.41) is 0. The molecule has 1 atom stereocenters. The van der Waals surface area contributed by atoms with Crippen LogP contribution in [0.1, 0.15) is 26.2 Å². The lowest BCUT2D eigenvalue weighted by molar-refractivity contribution is -0.130. The third-order valence-electron chi connectivity index (χ3n) is 2.82. The van der Waals surface area contributed by atoms with E-state index in [9.17, 15) is 13.2 Å². The van der Waals surface area contributed by atoms with Gasteiger partial charge in [-0.05, 0) is 26.2 Å². The van der Waals surface area contributed by atoms with E-state index < -0.39 is 10.0 Å². The van der Waals surface area contributed by atoms with Crippen LogP contribution < -0.4 is 0 Å². The first kappa shape index (κ1) is 14.0. The summed E-state index contributed by atoms with van der Waals surface area (Å²) in [6.07, 6.45) is 7.49. The van der Waals surface area contributed by atoms with Gasteiger partial charge in [0.05, 0.1) is 5.75 Å². The lowest BCUT2D eigenvalue weighted by atomic mass is 9.94. The Morgan fingerprint density at radius 1 is 1.53 bits per heavy atom. The Labute approximate surface area is 103 Å². The Kier molecular flexibility index (Phi) is 4.93. The number of rotatable bonds is 5. The van der Waals surface area contributed by atoms with Gasteiger partial charge < -0.3 is 0 Å². The number of allylic oxidation sites excluding steroid dienone is 2. The van der Waals surface area contributed by atoms with Crippen molar-refractivity contribution in [1.29, 1.82) is 0 Å². The van der Waals surface area contributed by atoms with Crippen LogP contribution in [0.4, 0.5) is 0 Å². The summed E-state index contributed by atoms with van der Waals surface area (Å²) in [7, 11) is -3.53. The minimum atomic E-state index is -3.53. The minimum absolute atomic E-state index is 0.185. The Balaban J connectivity index is 2.83. The second-order valence-electron chi connectivity index (χ2n) is 4.05. The minimum Gasteiger partial charge on any atom is -0.273 e. The molecule has 1 rings (SSSR count). The van der Waals surface area contributed by atoms with Gasteiger partial charge in [0.1, 0.15) is 0 Å². The van der Waals surface area contributed by atoms with Crippen LogP contribution in [0.3, 0.4) is 0 Å². The molecule has 0 N–H and O–H groups in total. The molecule has 0 aromatic heterocycles. The zero-order valence-corrected chi connectivity index (χ0v) is 10.9. The number of carbonyl (C=O) groups excluding carboxylic acids is 1. The van der Waals surface area contributed by atoms with Crippen LogP contribution in [0.25, 0.3) is 0 Å². The lowest BCUT2D eigenvalue weighted by Crippen LogP contribution is -2.41. The van der Waals surface area contributed by atoms with Gasteiger partial charge in [-0.3, -0.25) is 4.79 Å². The topological polar surface area (TPSA) is 54.5 Å². The third kappa shape index (κ3) is 3.43. The predicted molar refractivity (Wildman–Crippen MR) is 67.9 cm³/mol. The van der Waals surface area contributed by atoms with E-state index in [1.807, 2.05) is 12.2 Å². The molecule has 0 aliphatic heterocycles. The van der Waals surface area contributed by atoms with Crippen LogP contribution in [0, 0.1) is 5.92 Å². The summed E-state index contributed by atoms with van der Waals surface area (Å²) < 4.78 is 24.7. The normalized spacial score (nSPS) is 19.9. The van der Waals surface area contributed by atoms with E-state index in [2.05, 4.69) is 6.58 Å². The van der Waals surface area contributed by atoms with Crippen molar-refractivity contribution in [3.63, 3.8) is 0 Å². The molecule has 1 aliphatic carbocycles. The van der Waals surface area contributed by atoms with Gasteiger partial charge in [0.2, 0.25) is 15.9 Å². The highest BCUT2D eigenvalue weighted by atomic mass is 32.2. The molecule has 0 radical (unpaired) electrons. The van der Waals surface area contributed by atoms with Crippen molar-refractivity contribution in [2.24, 2.45) is 5.92 Å². The fraction of sp³-hybridized carbons (Fsp3) is 0.583. The molecule has 0 saturated carbocycles. The van der Waals surface area contributed by atoms with Crippen LogP contribution in [0.5, 0.6) is 0 Å². The van der Waals surface area contributed by atoms with E-state index in [4.69, 9.17) is 0 Å². The number of hydrogen-bond donors (Lipinski definition) is 0. The van der Waals surface area contributed by atoms with Gasteiger partial charge >= 0.3 is 0 Å². The van der Waals surface area contributed by atoms with E-state index in [1.54, 1.807) is 6.92 Å². The predicted octanol–water partition coefficient (Wildman–Crippen LogP) is 1.71. The first-order chi connectivity index (χ1) is 8.03. The number of carbonyl (C=O) groups is 1. The Morgan fingerprint density at radius 2 is 2.24 bits per heavy atom. The summed E-state index contributed by atoms with van der Waals surface area (Å²) in [6, 6.07) is 0. The Morgan fingerprint density at radius 3 is 2.71 bits per heavy atom. The Hall–Kier alpha value is -1.10. The number of hydrogen-bond acceptors (Lipinski definition) is 3. The molecule has 17 heavy (non-hydrogen) atoms. The molecule has 0 aromatic carbocycles. The van der Waals surface area contributed by atoms with E-state index >= 15 is 0 Å². The van der Waals surface area contributed by atoms with Gasteiger partial charge in [-0.1, -0.05) is 18.2 Å². The summed E-state index contributed by atoms with van der Waals surface area (Å²) in [5.74, 6) is -0.659. The van der Waals surface area contributed by atoms with Crippen molar-refractivity contribution in [1.82, 2.24) is 4.31 Å². The van der Waals surface area contributed by atoms with E-state index in [0.717, 1.165) is 17.1 Å². The summed E-state index contributed by atoms with van der Waals surface area (Å²) >= 11 is 0. The monoisotopic (exact) mass is 257 g/mol. The smallest absolute Gasteiger partial charge is 0.240 e. The van der Waals surface area contributed by atoms with Gasteiger partial charge in [-0.2, -0.15) is 0 Å². The first-order valence-electron chi connectivity index (χ1n) is 5.83. The van der Waals surface area contributed by atoms with Crippen molar-refractivity contribution < 1.29 is 13.2 Å². The van der Waals surface area contributed by atoms with Crippen LogP contribution in [0.15, 0.2) is 24.8 Å². The molecular weight excluding hydrogens is 238 g/mol. The van der Waals surface area contributed by atoms with Gasteiger partial charge in [-0.25, -0.2) is 12.7 Å². The summed E-state index contributed by atoms with van der Waals surface area (Å²) in [6.45, 7) is 5.27. The molecule has 0 bridgehead atoms. The lowest BCUT2D eigenvalue weighted by Gasteiger charge is -2.26. The highest BCUT2D eigenvalue weighted by Gasteiger charge is 2.30. The van der Waals surface area contributed by atoms with Gasteiger partial charge in [-0.15, -0.1) is 6.58 Å². The number of amides is 1. The van der Waals surface area contributed by atoms with Crippen LogP contribution in [0.2, 0.25) is 0 Å². The van der Waals surface area contributed by atoms with Gasteiger partial charge in [0.15, 0.2) is 0 Å². The molecule has 5 heteroatoms. The molecule has 0 fully saturated rings. The quantitative estimate of drug-likeness (QED) is 0.704. The van der Waals surface area contributed by atoms with E-state index in [-0.39, 0.29) is 24.1 Å². The van der Waals surface area contributed by atoms with Gasteiger partial charge in [0.25, 0.3) is 0 Å². The van der Waals surface area contributed by atoms with E-state index in [0.29, 0.717) is 6.42 Å². The molecule has 0 spiro atoms. The highest BCUT2D eigenvalue weighted by molar-refractivity contribution is 7.89. The highest BCUT2D eigenvalue weighted by Crippen LogP contribution is 2.22. The average molecular weight is 257 g/mol. The number of nitrogens with zero attached hydrogens (tertiary/aromatic N) is 1. The fourth-order valence-corrected chi connectivity index (χ4v) is 3.24. The second kappa shape index (κ2) is 6.00. The molecule has 1 aliphatic rings. The SMILES string of the molecule is C=CCS(=O)(=O)N(CC)C(=O)C1CC=CCC1. The molecular formula is C12H19NO3S. The molecule has 0 heterocycles. The molecule has 96 valence electrons. The van der Waals surface area contributed by atoms with Crippen molar-refractivity contribution in [2.45, 2.75) is 26.2 Å². The second-order valence-corrected chi connectivity index (χ2v) is 5.99. The maximum absolute atomic E-state index is 12.1. The zero-order chi connectivity index (χ0) is 12.9. The zero-order valence-electron chi connectivity index (χ0n) is 10.1.